The fourth-order valence-electron chi connectivity index (χ4n) is 1.84. The Morgan fingerprint density at radius 1 is 1.47 bits per heavy atom. The topological polar surface area (TPSA) is 113 Å². The number of hydrogen-bond donors (Lipinski definition) is 4. The molecule has 1 aromatic rings. The number of anilines is 1. The second kappa shape index (κ2) is 5.52. The van der Waals surface area contributed by atoms with E-state index in [9.17, 15) is 15.0 Å². The lowest BCUT2D eigenvalue weighted by Gasteiger charge is -2.40. The summed E-state index contributed by atoms with van der Waals surface area (Å²) in [6.45, 7) is 2.57. The Morgan fingerprint density at radius 2 is 2.11 bits per heavy atom. The molecule has 0 aliphatic rings. The van der Waals surface area contributed by atoms with Gasteiger partial charge in [0.25, 0.3) is 0 Å². The fourth-order valence-corrected chi connectivity index (χ4v) is 1.84. The third-order valence-corrected chi connectivity index (χ3v) is 3.01. The molecule has 0 saturated carbocycles. The molecule has 0 aliphatic carbocycles. The highest BCUT2D eigenvalue weighted by Crippen LogP contribution is 2.39. The van der Waals surface area contributed by atoms with Crippen LogP contribution in [0.5, 0.6) is 0 Å². The minimum Gasteiger partial charge on any atom is -0.399 e. The molecule has 2 atom stereocenters. The normalized spacial score (nSPS) is 16.3. The molecule has 0 spiro atoms. The van der Waals surface area contributed by atoms with Crippen molar-refractivity contribution < 1.29 is 25.2 Å². The van der Waals surface area contributed by atoms with Gasteiger partial charge in [0.2, 0.25) is 0 Å². The maximum atomic E-state index is 10.6. The lowest BCUT2D eigenvalue weighted by Crippen LogP contribution is -2.54. The van der Waals surface area contributed by atoms with Gasteiger partial charge >= 0.3 is 0 Å². The number of aliphatic hydroxyl groups is 2. The molecule has 0 bridgehead atoms. The highest BCUT2D eigenvalue weighted by Gasteiger charge is 2.51. The fraction of sp³-hybridized carbons (Fsp3) is 0.385. The molecule has 0 fully saturated rings. The standard InChI is InChI=1S/C13H17NO5/c1-12(2,17)13(19-18,6-7-15)11(16)9-4-3-5-10(14)8-9/h3-6,8,11,16-18H,14H2,1-2H3. The molecular weight excluding hydrogens is 250 g/mol. The largest absolute Gasteiger partial charge is 0.399 e. The average molecular weight is 267 g/mol. The number of rotatable bonds is 5. The van der Waals surface area contributed by atoms with E-state index >= 15 is 0 Å². The van der Waals surface area contributed by atoms with E-state index < -0.39 is 17.3 Å². The van der Waals surface area contributed by atoms with Gasteiger partial charge in [0.15, 0.2) is 5.60 Å². The minimum atomic E-state index is -2.05. The number of benzene rings is 1. The molecule has 5 N–H and O–H groups in total. The zero-order chi connectivity index (χ0) is 14.7. The predicted molar refractivity (Wildman–Crippen MR) is 68.8 cm³/mol. The zero-order valence-corrected chi connectivity index (χ0v) is 10.7. The van der Waals surface area contributed by atoms with Gasteiger partial charge in [-0.15, -0.1) is 0 Å². The summed E-state index contributed by atoms with van der Waals surface area (Å²) in [4.78, 5) is 14.9. The van der Waals surface area contributed by atoms with Gasteiger partial charge in [-0.2, -0.15) is 0 Å². The van der Waals surface area contributed by atoms with Crippen LogP contribution >= 0.6 is 0 Å². The lowest BCUT2D eigenvalue weighted by molar-refractivity contribution is -0.365. The number of nitrogen functional groups attached to an aromatic ring is 1. The number of carbonyl (C=O) groups excluding carboxylic acids is 1. The first-order valence-electron chi connectivity index (χ1n) is 5.59. The summed E-state index contributed by atoms with van der Waals surface area (Å²) < 4.78 is 0. The van der Waals surface area contributed by atoms with Crippen molar-refractivity contribution in [2.45, 2.75) is 31.2 Å². The molecule has 6 heteroatoms. The van der Waals surface area contributed by atoms with Crippen LogP contribution in [0.15, 0.2) is 30.3 Å². The molecule has 0 saturated heterocycles. The van der Waals surface area contributed by atoms with E-state index in [1.165, 1.54) is 31.9 Å². The molecule has 0 amide bonds. The van der Waals surface area contributed by atoms with Crippen LogP contribution in [0.1, 0.15) is 25.5 Å². The maximum Gasteiger partial charge on any atom is 0.189 e. The van der Waals surface area contributed by atoms with Crippen molar-refractivity contribution in [1.82, 2.24) is 0 Å². The zero-order valence-electron chi connectivity index (χ0n) is 10.7. The van der Waals surface area contributed by atoms with Crippen molar-refractivity contribution in [3.05, 3.63) is 35.9 Å². The van der Waals surface area contributed by atoms with Crippen molar-refractivity contribution in [3.8, 4) is 0 Å². The first-order chi connectivity index (χ1) is 8.78. The Labute approximate surface area is 110 Å². The number of nitrogens with two attached hydrogens (primary N) is 1. The van der Waals surface area contributed by atoms with Crippen LogP contribution in [0.4, 0.5) is 5.69 Å². The van der Waals surface area contributed by atoms with Crippen molar-refractivity contribution in [2.24, 2.45) is 0 Å². The number of aliphatic hydroxyl groups excluding tert-OH is 1. The van der Waals surface area contributed by atoms with Crippen molar-refractivity contribution in [2.75, 3.05) is 5.73 Å². The predicted octanol–water partition coefficient (Wildman–Crippen LogP) is 0.689. The Morgan fingerprint density at radius 3 is 2.53 bits per heavy atom. The van der Waals surface area contributed by atoms with Crippen LogP contribution in [0.2, 0.25) is 0 Å². The molecule has 0 radical (unpaired) electrons. The Balaban J connectivity index is 3.37. The molecule has 6 nitrogen and oxygen atoms in total. The van der Waals surface area contributed by atoms with E-state index in [1.807, 2.05) is 0 Å². The molecule has 2 unspecified atom stereocenters. The molecule has 0 heterocycles. The van der Waals surface area contributed by atoms with E-state index in [2.05, 4.69) is 4.89 Å². The van der Waals surface area contributed by atoms with E-state index in [-0.39, 0.29) is 5.56 Å². The summed E-state index contributed by atoms with van der Waals surface area (Å²) in [6.07, 6.45) is -0.775. The quantitative estimate of drug-likeness (QED) is 0.270. The smallest absolute Gasteiger partial charge is 0.189 e. The minimum absolute atomic E-state index is 0.280. The third kappa shape index (κ3) is 2.84. The summed E-state index contributed by atoms with van der Waals surface area (Å²) in [5.41, 5.74) is 2.46. The molecular formula is C13H17NO5. The van der Waals surface area contributed by atoms with Crippen molar-refractivity contribution in [3.63, 3.8) is 0 Å². The summed E-state index contributed by atoms with van der Waals surface area (Å²) in [6, 6.07) is 6.17. The van der Waals surface area contributed by atoms with Crippen LogP contribution < -0.4 is 5.73 Å². The van der Waals surface area contributed by atoms with Gasteiger partial charge < -0.3 is 15.9 Å². The third-order valence-electron chi connectivity index (χ3n) is 3.01. The molecule has 0 aromatic heterocycles. The average Bonchev–Trinajstić information content (AvgIpc) is 2.33. The van der Waals surface area contributed by atoms with Crippen LogP contribution in [0.25, 0.3) is 0 Å². The molecule has 19 heavy (non-hydrogen) atoms. The van der Waals surface area contributed by atoms with Gasteiger partial charge in [-0.05, 0) is 31.5 Å². The summed E-state index contributed by atoms with van der Waals surface area (Å²) >= 11 is 0. The second-order valence-corrected chi connectivity index (χ2v) is 4.78. The van der Waals surface area contributed by atoms with E-state index in [1.54, 1.807) is 12.1 Å². The van der Waals surface area contributed by atoms with Gasteiger partial charge in [-0.1, -0.05) is 12.1 Å². The summed E-state index contributed by atoms with van der Waals surface area (Å²) in [5, 5.41) is 29.5. The van der Waals surface area contributed by atoms with E-state index in [0.29, 0.717) is 5.69 Å². The monoisotopic (exact) mass is 267 g/mol. The van der Waals surface area contributed by atoms with Gasteiger partial charge in [-0.3, -0.25) is 5.26 Å². The molecule has 104 valence electrons. The number of hydrogen-bond acceptors (Lipinski definition) is 6. The first-order valence-corrected chi connectivity index (χ1v) is 5.59. The molecule has 1 aromatic carbocycles. The van der Waals surface area contributed by atoms with Gasteiger partial charge in [0.1, 0.15) is 12.0 Å². The van der Waals surface area contributed by atoms with Crippen LogP contribution in [-0.2, 0) is 9.68 Å². The highest BCUT2D eigenvalue weighted by atomic mass is 17.1. The second-order valence-electron chi connectivity index (χ2n) is 4.78. The summed E-state index contributed by atoms with van der Waals surface area (Å²) in [7, 11) is 0. The lowest BCUT2D eigenvalue weighted by atomic mass is 9.78. The Bertz CT molecular complexity index is 490. The Hall–Kier alpha value is -1.69. The van der Waals surface area contributed by atoms with Gasteiger partial charge in [-0.25, -0.2) is 9.68 Å². The summed E-state index contributed by atoms with van der Waals surface area (Å²) in [5.74, 6) is 1.42. The van der Waals surface area contributed by atoms with E-state index in [0.717, 1.165) is 6.08 Å². The van der Waals surface area contributed by atoms with Crippen molar-refractivity contribution >= 4 is 11.6 Å². The van der Waals surface area contributed by atoms with Crippen LogP contribution in [-0.4, -0.2) is 32.6 Å². The van der Waals surface area contributed by atoms with Gasteiger partial charge in [0.05, 0.1) is 5.60 Å². The molecule has 0 aliphatic heterocycles. The highest BCUT2D eigenvalue weighted by molar-refractivity contribution is 5.51. The van der Waals surface area contributed by atoms with Gasteiger partial charge in [0, 0.05) is 11.8 Å². The molecule has 1 rings (SSSR count). The van der Waals surface area contributed by atoms with Crippen LogP contribution in [0.3, 0.4) is 0 Å². The first kappa shape index (κ1) is 15.4. The Kier molecular flexibility index (Phi) is 4.47. The SMILES string of the molecule is CC(C)(O)C(C=C=O)(OO)C(O)c1cccc(N)c1. The maximum absolute atomic E-state index is 10.6. The van der Waals surface area contributed by atoms with Crippen molar-refractivity contribution in [1.29, 1.82) is 0 Å². The van der Waals surface area contributed by atoms with Crippen LogP contribution in [0, 0.1) is 0 Å². The van der Waals surface area contributed by atoms with E-state index in [4.69, 9.17) is 11.0 Å².